The second-order valence-corrected chi connectivity index (χ2v) is 15.8. The number of terminal acetylenes is 1. The molecule has 3 saturated carbocycles. The van der Waals surface area contributed by atoms with Gasteiger partial charge in [0.1, 0.15) is 12.1 Å². The number of aliphatic hydroxyl groups excluding tert-OH is 2. The summed E-state index contributed by atoms with van der Waals surface area (Å²) >= 11 is 1.82. The molecule has 228 valence electrons. The van der Waals surface area contributed by atoms with Crippen LogP contribution in [0.2, 0.25) is 0 Å². The molecule has 7 heteroatoms. The van der Waals surface area contributed by atoms with Gasteiger partial charge in [0.15, 0.2) is 0 Å². The number of amides is 2. The van der Waals surface area contributed by atoms with E-state index in [9.17, 15) is 19.8 Å². The Hall–Kier alpha value is -1.23. The van der Waals surface area contributed by atoms with Crippen LogP contribution in [0.4, 0.5) is 0 Å². The van der Waals surface area contributed by atoms with Gasteiger partial charge in [0.2, 0.25) is 11.8 Å². The Labute approximate surface area is 248 Å². The Morgan fingerprint density at radius 1 is 0.825 bits per heavy atom. The summed E-state index contributed by atoms with van der Waals surface area (Å²) < 4.78 is 0.0670. The van der Waals surface area contributed by atoms with Crippen molar-refractivity contribution in [1.82, 2.24) is 10.6 Å². The number of carbonyl (C=O) groups is 2. The van der Waals surface area contributed by atoms with Gasteiger partial charge in [0.05, 0.1) is 12.1 Å². The lowest BCUT2D eigenvalue weighted by Gasteiger charge is -2.33. The van der Waals surface area contributed by atoms with Crippen LogP contribution in [0.3, 0.4) is 0 Å². The SMILES string of the molecule is C#CC[C@H](O)[C@H](O)[C@H](CC1CCCCC1)NC(=O)[C@H](CC1CC1)NC(=O)[C@@H](CSC(C)(C)C)CC1CCCCC1. The van der Waals surface area contributed by atoms with E-state index in [-0.39, 0.29) is 28.9 Å². The zero-order valence-electron chi connectivity index (χ0n) is 25.3. The highest BCUT2D eigenvalue weighted by molar-refractivity contribution is 8.00. The molecule has 0 aromatic heterocycles. The molecule has 0 unspecified atom stereocenters. The summed E-state index contributed by atoms with van der Waals surface area (Å²) in [7, 11) is 0. The quantitative estimate of drug-likeness (QED) is 0.191. The van der Waals surface area contributed by atoms with E-state index < -0.39 is 24.3 Å². The smallest absolute Gasteiger partial charge is 0.242 e. The summed E-state index contributed by atoms with van der Waals surface area (Å²) in [6, 6.07) is -1.22. The van der Waals surface area contributed by atoms with E-state index in [1.807, 2.05) is 11.8 Å². The van der Waals surface area contributed by atoms with Crippen LogP contribution in [-0.2, 0) is 9.59 Å². The Morgan fingerprint density at radius 2 is 1.38 bits per heavy atom. The molecule has 0 aliphatic heterocycles. The van der Waals surface area contributed by atoms with Crippen molar-refractivity contribution in [3.05, 3.63) is 0 Å². The van der Waals surface area contributed by atoms with Crippen LogP contribution in [0.25, 0.3) is 0 Å². The minimum atomic E-state index is -1.14. The highest BCUT2D eigenvalue weighted by Crippen LogP contribution is 2.35. The maximum absolute atomic E-state index is 13.8. The van der Waals surface area contributed by atoms with Crippen molar-refractivity contribution in [3.63, 3.8) is 0 Å². The van der Waals surface area contributed by atoms with Crippen molar-refractivity contribution in [1.29, 1.82) is 0 Å². The van der Waals surface area contributed by atoms with E-state index in [0.717, 1.165) is 50.7 Å². The van der Waals surface area contributed by atoms with Crippen LogP contribution in [-0.4, -0.2) is 56.8 Å². The molecule has 0 aromatic carbocycles. The third-order valence-electron chi connectivity index (χ3n) is 9.10. The van der Waals surface area contributed by atoms with Crippen molar-refractivity contribution >= 4 is 23.6 Å². The molecule has 3 aliphatic carbocycles. The van der Waals surface area contributed by atoms with Gasteiger partial charge in [-0.15, -0.1) is 12.3 Å². The second-order valence-electron chi connectivity index (χ2n) is 13.9. The molecule has 0 radical (unpaired) electrons. The lowest BCUT2D eigenvalue weighted by molar-refractivity contribution is -0.132. The van der Waals surface area contributed by atoms with Crippen LogP contribution >= 0.6 is 11.8 Å². The van der Waals surface area contributed by atoms with Gasteiger partial charge in [-0.1, -0.05) is 97.8 Å². The van der Waals surface area contributed by atoms with E-state index in [4.69, 9.17) is 6.42 Å². The number of carbonyl (C=O) groups excluding carboxylic acids is 2. The second kappa shape index (κ2) is 16.4. The highest BCUT2D eigenvalue weighted by Gasteiger charge is 2.36. The number of nitrogens with one attached hydrogen (secondary N) is 2. The van der Waals surface area contributed by atoms with Crippen LogP contribution in [0, 0.1) is 36.0 Å². The fourth-order valence-corrected chi connectivity index (χ4v) is 7.48. The predicted octanol–water partition coefficient (Wildman–Crippen LogP) is 5.59. The highest BCUT2D eigenvalue weighted by atomic mass is 32.2. The Balaban J connectivity index is 1.70. The first-order valence-corrected chi connectivity index (χ1v) is 17.1. The number of aliphatic hydroxyl groups is 2. The first-order valence-electron chi connectivity index (χ1n) is 16.1. The van der Waals surface area contributed by atoms with Gasteiger partial charge in [-0.25, -0.2) is 0 Å². The van der Waals surface area contributed by atoms with Gasteiger partial charge in [-0.05, 0) is 37.0 Å². The Bertz CT molecular complexity index is 821. The summed E-state index contributed by atoms with van der Waals surface area (Å²) in [5.41, 5.74) is 0. The summed E-state index contributed by atoms with van der Waals surface area (Å²) in [5, 5.41) is 27.8. The predicted molar refractivity (Wildman–Crippen MR) is 165 cm³/mol. The largest absolute Gasteiger partial charge is 0.389 e. The average molecular weight is 577 g/mol. The molecule has 40 heavy (non-hydrogen) atoms. The van der Waals surface area contributed by atoms with Crippen LogP contribution in [0.5, 0.6) is 0 Å². The van der Waals surface area contributed by atoms with Gasteiger partial charge in [-0.3, -0.25) is 9.59 Å². The lowest BCUT2D eigenvalue weighted by atomic mass is 9.82. The van der Waals surface area contributed by atoms with Crippen molar-refractivity contribution in [2.24, 2.45) is 23.7 Å². The minimum absolute atomic E-state index is 0.0140. The number of rotatable bonds is 15. The van der Waals surface area contributed by atoms with E-state index in [0.29, 0.717) is 30.6 Å². The molecule has 0 spiro atoms. The molecule has 3 fully saturated rings. The van der Waals surface area contributed by atoms with Gasteiger partial charge in [0.25, 0.3) is 0 Å². The number of thioether (sulfide) groups is 1. The fourth-order valence-electron chi connectivity index (χ4n) is 6.49. The zero-order chi connectivity index (χ0) is 29.1. The van der Waals surface area contributed by atoms with Gasteiger partial charge in [0, 0.05) is 22.8 Å². The molecule has 3 aliphatic rings. The third-order valence-corrected chi connectivity index (χ3v) is 10.5. The first-order chi connectivity index (χ1) is 19.1. The Morgan fingerprint density at radius 3 is 1.90 bits per heavy atom. The summed E-state index contributed by atoms with van der Waals surface area (Å²) in [5.74, 6) is 4.23. The Kier molecular flexibility index (Phi) is 13.7. The molecule has 3 rings (SSSR count). The van der Waals surface area contributed by atoms with Gasteiger partial charge >= 0.3 is 0 Å². The lowest BCUT2D eigenvalue weighted by Crippen LogP contribution is -2.56. The molecule has 0 saturated heterocycles. The molecule has 0 aromatic rings. The van der Waals surface area contributed by atoms with Gasteiger partial charge in [-0.2, -0.15) is 11.8 Å². The van der Waals surface area contributed by atoms with Crippen molar-refractivity contribution in [2.45, 2.75) is 153 Å². The van der Waals surface area contributed by atoms with E-state index >= 15 is 0 Å². The van der Waals surface area contributed by atoms with Crippen LogP contribution in [0.1, 0.15) is 124 Å². The number of hydrogen-bond donors (Lipinski definition) is 4. The van der Waals surface area contributed by atoms with E-state index in [1.54, 1.807) is 0 Å². The molecule has 4 N–H and O–H groups in total. The first kappa shape index (κ1) is 33.3. The number of hydrogen-bond acceptors (Lipinski definition) is 5. The van der Waals surface area contributed by atoms with Crippen molar-refractivity contribution in [3.8, 4) is 12.3 Å². The maximum atomic E-state index is 13.8. The normalized spacial score (nSPS) is 22.9. The van der Waals surface area contributed by atoms with Crippen molar-refractivity contribution < 1.29 is 19.8 Å². The third kappa shape index (κ3) is 11.9. The maximum Gasteiger partial charge on any atom is 0.242 e. The van der Waals surface area contributed by atoms with Crippen LogP contribution in [0.15, 0.2) is 0 Å². The van der Waals surface area contributed by atoms with E-state index in [1.165, 1.54) is 38.5 Å². The molecule has 5 atom stereocenters. The van der Waals surface area contributed by atoms with Crippen LogP contribution < -0.4 is 10.6 Å². The molecule has 6 nitrogen and oxygen atoms in total. The minimum Gasteiger partial charge on any atom is -0.389 e. The van der Waals surface area contributed by atoms with Crippen molar-refractivity contribution in [2.75, 3.05) is 5.75 Å². The molecular weight excluding hydrogens is 520 g/mol. The summed E-state index contributed by atoms with van der Waals surface area (Å²) in [6.45, 7) is 6.55. The molecule has 2 amide bonds. The summed E-state index contributed by atoms with van der Waals surface area (Å²) in [6.07, 6.45) is 19.3. The fraction of sp³-hybridized carbons (Fsp3) is 0.879. The molecule has 0 bridgehead atoms. The standard InChI is InChI=1S/C33H56N2O4S/c1-5-12-29(36)30(37)27(20-24-15-10-7-11-16-24)34-32(39)28(21-25-17-18-25)35-31(38)26(22-40-33(2,3)4)19-23-13-8-6-9-14-23/h1,23-30,36-37H,6-22H2,2-4H3,(H,34,39)(H,35,38)/t26-,27+,28+,29+,30-/m1/s1. The molecule has 0 heterocycles. The van der Waals surface area contributed by atoms with E-state index in [2.05, 4.69) is 37.3 Å². The average Bonchev–Trinajstić information content (AvgIpc) is 3.74. The molecular formula is C33H56N2O4S. The topological polar surface area (TPSA) is 98.7 Å². The monoisotopic (exact) mass is 576 g/mol. The summed E-state index contributed by atoms with van der Waals surface area (Å²) in [4.78, 5) is 27.5. The van der Waals surface area contributed by atoms with Gasteiger partial charge < -0.3 is 20.8 Å². The zero-order valence-corrected chi connectivity index (χ0v) is 26.2.